The maximum atomic E-state index is 14.0. The molecule has 36 heavy (non-hydrogen) atoms. The summed E-state index contributed by atoms with van der Waals surface area (Å²) in [4.78, 5) is 15.9. The lowest BCUT2D eigenvalue weighted by Gasteiger charge is -2.17. The summed E-state index contributed by atoms with van der Waals surface area (Å²) >= 11 is 0. The van der Waals surface area contributed by atoms with Crippen LogP contribution in [0.15, 0.2) is 66.7 Å². The smallest absolute Gasteiger partial charge is 0.220 e. The number of amides is 1. The largest absolute Gasteiger partial charge is 0.493 e. The number of fused-ring (bicyclic) bond motifs is 1. The molecule has 0 fully saturated rings. The van der Waals surface area contributed by atoms with Crippen molar-refractivity contribution in [3.05, 3.63) is 78.1 Å². The molecule has 0 aliphatic rings. The van der Waals surface area contributed by atoms with E-state index in [-0.39, 0.29) is 31.3 Å². The van der Waals surface area contributed by atoms with Gasteiger partial charge in [-0.3, -0.25) is 4.79 Å². The number of nitrogens with one attached hydrogen (secondary N) is 2. The average molecular weight is 493 g/mol. The molecule has 4 aromatic rings. The monoisotopic (exact) mass is 492 g/mol. The van der Waals surface area contributed by atoms with Gasteiger partial charge in [0.05, 0.1) is 14.2 Å². The molecule has 0 aliphatic carbocycles. The Kier molecular flexibility index (Phi) is 8.07. The number of rotatable bonds is 11. The molecule has 8 heteroatoms. The predicted octanol–water partition coefficient (Wildman–Crippen LogP) is 4.48. The minimum atomic E-state index is -0.939. The Labute approximate surface area is 208 Å². The van der Waals surface area contributed by atoms with Gasteiger partial charge in [-0.2, -0.15) is 0 Å². The standard InChI is InChI=1S/C28H29FN2O5/c1-34-24-9-6-10-25(35-2)28(24)36-17-20(32)16-30-26(33)14-12-21-22-15-19(29)11-13-23(22)31-27(21)18-7-4-3-5-8-18/h3-11,13,15,20,31-32H,12,14,16-17H2,1-2H3,(H,30,33). The first-order valence-corrected chi connectivity index (χ1v) is 11.6. The number of aliphatic hydroxyl groups excluding tert-OH is 1. The van der Waals surface area contributed by atoms with Gasteiger partial charge in [-0.05, 0) is 47.9 Å². The van der Waals surface area contributed by atoms with Gasteiger partial charge in [-0.1, -0.05) is 36.4 Å². The summed E-state index contributed by atoms with van der Waals surface area (Å²) in [7, 11) is 3.03. The SMILES string of the molecule is COc1cccc(OC)c1OCC(O)CNC(=O)CCc1c(-c2ccccc2)[nH]c2ccc(F)cc12. The van der Waals surface area contributed by atoms with E-state index in [1.807, 2.05) is 30.3 Å². The fourth-order valence-corrected chi connectivity index (χ4v) is 4.09. The van der Waals surface area contributed by atoms with Gasteiger partial charge in [-0.15, -0.1) is 0 Å². The van der Waals surface area contributed by atoms with Crippen molar-refractivity contribution in [2.45, 2.75) is 18.9 Å². The number of hydrogen-bond acceptors (Lipinski definition) is 5. The predicted molar refractivity (Wildman–Crippen MR) is 136 cm³/mol. The van der Waals surface area contributed by atoms with Gasteiger partial charge in [0.15, 0.2) is 11.5 Å². The Morgan fingerprint density at radius 3 is 2.44 bits per heavy atom. The van der Waals surface area contributed by atoms with E-state index in [4.69, 9.17) is 14.2 Å². The quantitative estimate of drug-likeness (QED) is 0.287. The maximum absolute atomic E-state index is 14.0. The highest BCUT2D eigenvalue weighted by molar-refractivity contribution is 5.91. The van der Waals surface area contributed by atoms with E-state index in [9.17, 15) is 14.3 Å². The Hall–Kier alpha value is -4.04. The molecule has 7 nitrogen and oxygen atoms in total. The summed E-state index contributed by atoms with van der Waals surface area (Å²) in [5, 5.41) is 13.8. The van der Waals surface area contributed by atoms with Crippen molar-refractivity contribution in [3.63, 3.8) is 0 Å². The van der Waals surface area contributed by atoms with E-state index in [1.165, 1.54) is 26.4 Å². The lowest BCUT2D eigenvalue weighted by Crippen LogP contribution is -2.35. The van der Waals surface area contributed by atoms with Crippen LogP contribution in [0.1, 0.15) is 12.0 Å². The topological polar surface area (TPSA) is 92.8 Å². The van der Waals surface area contributed by atoms with Gasteiger partial charge in [0.25, 0.3) is 0 Å². The van der Waals surface area contributed by atoms with Gasteiger partial charge >= 0.3 is 0 Å². The number of carbonyl (C=O) groups excluding carboxylic acids is 1. The average Bonchev–Trinajstić information content (AvgIpc) is 3.27. The number of halogens is 1. The van der Waals surface area contributed by atoms with Crippen LogP contribution in [-0.4, -0.2) is 49.5 Å². The third-order valence-electron chi connectivity index (χ3n) is 5.87. The Morgan fingerprint density at radius 2 is 1.75 bits per heavy atom. The maximum Gasteiger partial charge on any atom is 0.220 e. The van der Waals surface area contributed by atoms with Crippen molar-refractivity contribution in [1.29, 1.82) is 0 Å². The lowest BCUT2D eigenvalue weighted by molar-refractivity contribution is -0.121. The van der Waals surface area contributed by atoms with Crippen LogP contribution in [-0.2, 0) is 11.2 Å². The molecule has 0 radical (unpaired) electrons. The van der Waals surface area contributed by atoms with Crippen LogP contribution in [0.2, 0.25) is 0 Å². The van der Waals surface area contributed by atoms with Gasteiger partial charge in [0.1, 0.15) is 18.5 Å². The molecule has 1 amide bonds. The molecule has 0 aliphatic heterocycles. The molecule has 0 saturated carbocycles. The number of methoxy groups -OCH3 is 2. The number of aromatic amines is 1. The number of ether oxygens (including phenoxy) is 3. The van der Waals surface area contributed by atoms with Crippen LogP contribution in [0.4, 0.5) is 4.39 Å². The summed E-state index contributed by atoms with van der Waals surface area (Å²) in [6.45, 7) is -0.0404. The second-order valence-electron chi connectivity index (χ2n) is 8.30. The number of aryl methyl sites for hydroxylation is 1. The molecule has 4 rings (SSSR count). The summed E-state index contributed by atoms with van der Waals surface area (Å²) in [5.41, 5.74) is 3.51. The van der Waals surface area contributed by atoms with Gasteiger partial charge in [0.2, 0.25) is 11.7 Å². The van der Waals surface area contributed by atoms with E-state index in [0.29, 0.717) is 23.7 Å². The molecule has 0 saturated heterocycles. The van der Waals surface area contributed by atoms with Crippen molar-refractivity contribution in [1.82, 2.24) is 10.3 Å². The van der Waals surface area contributed by atoms with E-state index < -0.39 is 6.10 Å². The highest BCUT2D eigenvalue weighted by Crippen LogP contribution is 2.36. The first kappa shape index (κ1) is 25.1. The molecule has 188 valence electrons. The third-order valence-corrected chi connectivity index (χ3v) is 5.87. The van der Waals surface area contributed by atoms with Crippen molar-refractivity contribution in [3.8, 4) is 28.5 Å². The molecule has 0 spiro atoms. The van der Waals surface area contributed by atoms with Crippen molar-refractivity contribution in [2.24, 2.45) is 0 Å². The van der Waals surface area contributed by atoms with E-state index >= 15 is 0 Å². The van der Waals surface area contributed by atoms with Crippen molar-refractivity contribution >= 4 is 16.8 Å². The minimum absolute atomic E-state index is 0.0182. The molecule has 1 heterocycles. The Balaban J connectivity index is 1.37. The zero-order chi connectivity index (χ0) is 25.5. The first-order chi connectivity index (χ1) is 17.5. The second kappa shape index (κ2) is 11.6. The van der Waals surface area contributed by atoms with E-state index in [0.717, 1.165) is 27.7 Å². The number of H-pyrrole nitrogens is 1. The fourth-order valence-electron chi connectivity index (χ4n) is 4.09. The van der Waals surface area contributed by atoms with Crippen LogP contribution in [0.25, 0.3) is 22.2 Å². The van der Waals surface area contributed by atoms with Crippen LogP contribution < -0.4 is 19.5 Å². The van der Waals surface area contributed by atoms with Crippen LogP contribution in [0.3, 0.4) is 0 Å². The van der Waals surface area contributed by atoms with Crippen LogP contribution >= 0.6 is 0 Å². The van der Waals surface area contributed by atoms with Crippen LogP contribution in [0.5, 0.6) is 17.2 Å². The van der Waals surface area contributed by atoms with E-state index in [2.05, 4.69) is 10.3 Å². The first-order valence-electron chi connectivity index (χ1n) is 11.6. The fraction of sp³-hybridized carbons (Fsp3) is 0.250. The lowest BCUT2D eigenvalue weighted by atomic mass is 10.0. The summed E-state index contributed by atoms with van der Waals surface area (Å²) in [6, 6.07) is 19.6. The molecule has 3 aromatic carbocycles. The molecular formula is C28H29FN2O5. The molecule has 1 aromatic heterocycles. The molecule has 0 bridgehead atoms. The summed E-state index contributed by atoms with van der Waals surface area (Å²) < 4.78 is 30.2. The number of para-hydroxylation sites is 1. The van der Waals surface area contributed by atoms with Gasteiger partial charge in [-0.25, -0.2) is 4.39 Å². The number of carbonyl (C=O) groups is 1. The number of aromatic nitrogens is 1. The highest BCUT2D eigenvalue weighted by atomic mass is 19.1. The zero-order valence-corrected chi connectivity index (χ0v) is 20.2. The third kappa shape index (κ3) is 5.78. The highest BCUT2D eigenvalue weighted by Gasteiger charge is 2.17. The van der Waals surface area contributed by atoms with Gasteiger partial charge < -0.3 is 29.6 Å². The Morgan fingerprint density at radius 1 is 1.03 bits per heavy atom. The normalized spacial score (nSPS) is 11.8. The molecule has 1 atom stereocenters. The summed E-state index contributed by atoms with van der Waals surface area (Å²) in [5.74, 6) is 0.785. The summed E-state index contributed by atoms with van der Waals surface area (Å²) in [6.07, 6.45) is -0.354. The van der Waals surface area contributed by atoms with Crippen molar-refractivity contribution in [2.75, 3.05) is 27.4 Å². The van der Waals surface area contributed by atoms with E-state index in [1.54, 1.807) is 24.3 Å². The van der Waals surface area contributed by atoms with Crippen molar-refractivity contribution < 1.29 is 28.5 Å². The molecule has 1 unspecified atom stereocenters. The number of benzene rings is 3. The number of hydrogen-bond donors (Lipinski definition) is 3. The minimum Gasteiger partial charge on any atom is -0.493 e. The molecule has 3 N–H and O–H groups in total. The van der Waals surface area contributed by atoms with Gasteiger partial charge in [0, 0.05) is 29.6 Å². The zero-order valence-electron chi connectivity index (χ0n) is 20.2. The molecular weight excluding hydrogens is 463 g/mol. The van der Waals surface area contributed by atoms with Crippen LogP contribution in [0, 0.1) is 5.82 Å². The Bertz CT molecular complexity index is 1300. The number of aliphatic hydroxyl groups is 1. The second-order valence-corrected chi connectivity index (χ2v) is 8.30.